The first-order chi connectivity index (χ1) is 5.71. The first-order valence-corrected chi connectivity index (χ1v) is 5.19. The Bertz CT molecular complexity index is 272. The summed E-state index contributed by atoms with van der Waals surface area (Å²) in [5.74, 6) is 0. The minimum absolute atomic E-state index is 0.193. The minimum Gasteiger partial charge on any atom is -0.216 e. The Hall–Kier alpha value is -0.330. The van der Waals surface area contributed by atoms with Gasteiger partial charge in [0.1, 0.15) is 0 Å². The molecular weight excluding hydrogens is 212 g/mol. The monoisotopic (exact) mass is 220 g/mol. The van der Waals surface area contributed by atoms with Crippen LogP contribution in [0.25, 0.3) is 0 Å². The molecule has 0 unspecified atom stereocenters. The van der Waals surface area contributed by atoms with Crippen LogP contribution in [0, 0.1) is 0 Å². The van der Waals surface area contributed by atoms with E-state index in [0.717, 1.165) is 0 Å². The summed E-state index contributed by atoms with van der Waals surface area (Å²) >= 11 is 0. The van der Waals surface area contributed by atoms with Crippen molar-refractivity contribution in [3.63, 3.8) is 0 Å². The van der Waals surface area contributed by atoms with Gasteiger partial charge in [-0.25, -0.2) is 8.42 Å². The number of alkyl halides is 4. The van der Waals surface area contributed by atoms with Crippen molar-refractivity contribution in [2.45, 2.75) is 36.2 Å². The van der Waals surface area contributed by atoms with E-state index in [1.165, 1.54) is 0 Å². The topological polar surface area (TPSA) is 34.1 Å². The summed E-state index contributed by atoms with van der Waals surface area (Å²) < 4.78 is 72.0. The molecule has 0 radical (unpaired) electrons. The maximum absolute atomic E-state index is 12.7. The lowest BCUT2D eigenvalue weighted by atomic mass is 10.2. The van der Waals surface area contributed by atoms with Crippen LogP contribution in [0.4, 0.5) is 17.6 Å². The standard InChI is InChI=1S/C6H8F4O2S/c7-5(8)3-1-2-4-6(9,10)13(5,11)12/h1-4H2. The van der Waals surface area contributed by atoms with Crippen molar-refractivity contribution in [1.82, 2.24) is 0 Å². The van der Waals surface area contributed by atoms with E-state index in [0.29, 0.717) is 0 Å². The van der Waals surface area contributed by atoms with Crippen LogP contribution >= 0.6 is 0 Å². The number of halogens is 4. The second-order valence-corrected chi connectivity index (χ2v) is 5.19. The Balaban J connectivity index is 3.19. The molecule has 0 N–H and O–H groups in total. The van der Waals surface area contributed by atoms with Gasteiger partial charge in [0.2, 0.25) is 0 Å². The molecule has 0 atom stereocenters. The molecule has 1 heterocycles. The maximum Gasteiger partial charge on any atom is 0.351 e. The van der Waals surface area contributed by atoms with Crippen molar-refractivity contribution in [3.05, 3.63) is 0 Å². The van der Waals surface area contributed by atoms with Gasteiger partial charge in [0.15, 0.2) is 0 Å². The van der Waals surface area contributed by atoms with E-state index < -0.39 is 33.2 Å². The quantitative estimate of drug-likeness (QED) is 0.586. The van der Waals surface area contributed by atoms with Gasteiger partial charge in [-0.2, -0.15) is 17.6 Å². The van der Waals surface area contributed by atoms with Gasteiger partial charge >= 0.3 is 10.5 Å². The first kappa shape index (κ1) is 10.7. The average Bonchev–Trinajstić information content (AvgIpc) is 2.01. The highest BCUT2D eigenvalue weighted by molar-refractivity contribution is 7.93. The zero-order valence-corrected chi connectivity index (χ0v) is 7.38. The molecule has 0 saturated carbocycles. The lowest BCUT2D eigenvalue weighted by Gasteiger charge is -2.19. The van der Waals surface area contributed by atoms with E-state index in [2.05, 4.69) is 0 Å². The van der Waals surface area contributed by atoms with Crippen LogP contribution < -0.4 is 0 Å². The Labute approximate surface area is 72.8 Å². The van der Waals surface area contributed by atoms with Crippen molar-refractivity contribution in [2.24, 2.45) is 0 Å². The molecule has 13 heavy (non-hydrogen) atoms. The molecule has 2 nitrogen and oxygen atoms in total. The van der Waals surface area contributed by atoms with E-state index in [4.69, 9.17) is 0 Å². The fraction of sp³-hybridized carbons (Fsp3) is 1.00. The smallest absolute Gasteiger partial charge is 0.216 e. The molecule has 1 aliphatic heterocycles. The van der Waals surface area contributed by atoms with Crippen LogP contribution in [0.3, 0.4) is 0 Å². The number of rotatable bonds is 0. The number of sulfone groups is 1. The van der Waals surface area contributed by atoms with E-state index in [9.17, 15) is 26.0 Å². The molecule has 7 heteroatoms. The molecule has 0 spiro atoms. The Morgan fingerprint density at radius 2 is 1.15 bits per heavy atom. The van der Waals surface area contributed by atoms with E-state index in [-0.39, 0.29) is 12.8 Å². The molecule has 0 amide bonds. The van der Waals surface area contributed by atoms with Crippen molar-refractivity contribution in [3.8, 4) is 0 Å². The molecule has 0 aromatic carbocycles. The Morgan fingerprint density at radius 3 is 1.46 bits per heavy atom. The lowest BCUT2D eigenvalue weighted by molar-refractivity contribution is 0.0489. The van der Waals surface area contributed by atoms with Crippen LogP contribution in [0.5, 0.6) is 0 Å². The molecule has 0 aliphatic carbocycles. The van der Waals surface area contributed by atoms with E-state index in [1.54, 1.807) is 0 Å². The molecule has 78 valence electrons. The zero-order valence-electron chi connectivity index (χ0n) is 6.57. The van der Waals surface area contributed by atoms with Gasteiger partial charge in [-0.1, -0.05) is 0 Å². The van der Waals surface area contributed by atoms with Crippen LogP contribution in [0.15, 0.2) is 0 Å². The minimum atomic E-state index is -5.64. The fourth-order valence-corrected chi connectivity index (χ4v) is 2.41. The van der Waals surface area contributed by atoms with Crippen molar-refractivity contribution < 1.29 is 26.0 Å². The molecule has 0 bridgehead atoms. The summed E-state index contributed by atoms with van der Waals surface area (Å²) in [6.45, 7) is 0. The van der Waals surface area contributed by atoms with Gasteiger partial charge in [-0.15, -0.1) is 0 Å². The Kier molecular flexibility index (Phi) is 2.34. The molecule has 1 rings (SSSR count). The summed E-state index contributed by atoms with van der Waals surface area (Å²) in [7, 11) is -5.64. The normalized spacial score (nSPS) is 30.8. The van der Waals surface area contributed by atoms with Gasteiger partial charge < -0.3 is 0 Å². The van der Waals surface area contributed by atoms with Crippen molar-refractivity contribution in [2.75, 3.05) is 0 Å². The maximum atomic E-state index is 12.7. The number of hydrogen-bond acceptors (Lipinski definition) is 2. The largest absolute Gasteiger partial charge is 0.351 e. The van der Waals surface area contributed by atoms with Crippen LogP contribution in [-0.4, -0.2) is 18.9 Å². The summed E-state index contributed by atoms with van der Waals surface area (Å²) in [5.41, 5.74) is 0. The van der Waals surface area contributed by atoms with Gasteiger partial charge in [0.25, 0.3) is 9.84 Å². The highest BCUT2D eigenvalue weighted by atomic mass is 32.2. The van der Waals surface area contributed by atoms with Crippen molar-refractivity contribution >= 4 is 9.84 Å². The summed E-state index contributed by atoms with van der Waals surface area (Å²) in [4.78, 5) is 0. The molecular formula is C6H8F4O2S. The third-order valence-corrected chi connectivity index (χ3v) is 3.95. The first-order valence-electron chi connectivity index (χ1n) is 3.70. The van der Waals surface area contributed by atoms with Crippen LogP contribution in [0.2, 0.25) is 0 Å². The predicted molar refractivity (Wildman–Crippen MR) is 37.3 cm³/mol. The average molecular weight is 220 g/mol. The van der Waals surface area contributed by atoms with Crippen LogP contribution in [0.1, 0.15) is 25.7 Å². The van der Waals surface area contributed by atoms with Gasteiger partial charge in [-0.05, 0) is 12.8 Å². The SMILES string of the molecule is O=S1(=O)C(F)(F)CCCCC1(F)F. The molecule has 0 aromatic rings. The third kappa shape index (κ3) is 1.53. The molecule has 1 aliphatic rings. The highest BCUT2D eigenvalue weighted by Gasteiger charge is 2.60. The highest BCUT2D eigenvalue weighted by Crippen LogP contribution is 2.43. The molecule has 0 aromatic heterocycles. The predicted octanol–water partition coefficient (Wildman–Crippen LogP) is 2.16. The van der Waals surface area contributed by atoms with E-state index >= 15 is 0 Å². The van der Waals surface area contributed by atoms with Crippen LogP contribution in [-0.2, 0) is 9.84 Å². The van der Waals surface area contributed by atoms with Gasteiger partial charge in [0, 0.05) is 12.8 Å². The Morgan fingerprint density at radius 1 is 0.846 bits per heavy atom. The van der Waals surface area contributed by atoms with Crippen molar-refractivity contribution in [1.29, 1.82) is 0 Å². The second-order valence-electron chi connectivity index (χ2n) is 2.99. The number of hydrogen-bond donors (Lipinski definition) is 0. The zero-order chi connectivity index (χ0) is 10.3. The second kappa shape index (κ2) is 2.83. The molecule has 1 fully saturated rings. The summed E-state index contributed by atoms with van der Waals surface area (Å²) in [5, 5.41) is -8.57. The summed E-state index contributed by atoms with van der Waals surface area (Å²) in [6, 6.07) is 0. The van der Waals surface area contributed by atoms with Gasteiger partial charge in [-0.3, -0.25) is 0 Å². The fourth-order valence-electron chi connectivity index (χ4n) is 1.15. The van der Waals surface area contributed by atoms with Gasteiger partial charge in [0.05, 0.1) is 0 Å². The molecule has 1 saturated heterocycles. The third-order valence-electron chi connectivity index (χ3n) is 1.97. The summed E-state index contributed by atoms with van der Waals surface area (Å²) in [6.07, 6.45) is -2.40. The van der Waals surface area contributed by atoms with E-state index in [1.807, 2.05) is 0 Å². The lowest BCUT2D eigenvalue weighted by Crippen LogP contribution is -2.40.